The van der Waals surface area contributed by atoms with Crippen molar-refractivity contribution in [2.45, 2.75) is 0 Å². The van der Waals surface area contributed by atoms with Gasteiger partial charge >= 0.3 is 0 Å². The predicted molar refractivity (Wildman–Crippen MR) is 204 cm³/mol. The van der Waals surface area contributed by atoms with Gasteiger partial charge < -0.3 is 4.42 Å². The Hall–Kier alpha value is -6.51. The first-order chi connectivity index (χ1) is 24.3. The second kappa shape index (κ2) is 12.3. The summed E-state index contributed by atoms with van der Waals surface area (Å²) in [5.74, 6) is 0. The highest BCUT2D eigenvalue weighted by Crippen LogP contribution is 2.39. The number of aromatic nitrogens is 1. The van der Waals surface area contributed by atoms with Crippen LogP contribution in [0.5, 0.6) is 0 Å². The zero-order chi connectivity index (χ0) is 32.6. The summed E-state index contributed by atoms with van der Waals surface area (Å²) in [6.45, 7) is 0. The van der Waals surface area contributed by atoms with Crippen LogP contribution in [0.15, 0.2) is 192 Å². The molecule has 0 unspecified atom stereocenters. The molecule has 0 N–H and O–H groups in total. The summed E-state index contributed by atoms with van der Waals surface area (Å²) in [4.78, 5) is 5.11. The Morgan fingerprint density at radius 3 is 1.53 bits per heavy atom. The van der Waals surface area contributed by atoms with Crippen LogP contribution in [0.25, 0.3) is 89.0 Å². The molecule has 2 aromatic heterocycles. The number of pyridine rings is 1. The average molecular weight is 626 g/mol. The smallest absolute Gasteiger partial charge is 0.135 e. The Kier molecular flexibility index (Phi) is 7.18. The van der Waals surface area contributed by atoms with Gasteiger partial charge in [0.25, 0.3) is 0 Å². The van der Waals surface area contributed by atoms with E-state index in [1.807, 2.05) is 24.3 Å². The van der Waals surface area contributed by atoms with E-state index in [9.17, 15) is 0 Å². The van der Waals surface area contributed by atoms with E-state index >= 15 is 0 Å². The molecule has 0 aliphatic carbocycles. The van der Waals surface area contributed by atoms with Crippen LogP contribution in [-0.2, 0) is 0 Å². The lowest BCUT2D eigenvalue weighted by Crippen LogP contribution is -1.92. The SMILES string of the molecule is c1ccc(-c2cc(-c3cccc(-c4cc(-c5ccc6oc7ccccc7c6c5)ccc4-c4ccccc4)c3)cc(-c3ccccc3)n2)cc1. The lowest BCUT2D eigenvalue weighted by molar-refractivity contribution is 0.669. The number of hydrogen-bond donors (Lipinski definition) is 0. The summed E-state index contributed by atoms with van der Waals surface area (Å²) in [5, 5.41) is 2.26. The molecule has 2 heteroatoms. The van der Waals surface area contributed by atoms with Crippen molar-refractivity contribution >= 4 is 21.9 Å². The summed E-state index contributed by atoms with van der Waals surface area (Å²) < 4.78 is 6.14. The van der Waals surface area contributed by atoms with Gasteiger partial charge in [0.05, 0.1) is 11.4 Å². The maximum Gasteiger partial charge on any atom is 0.135 e. The topological polar surface area (TPSA) is 26.0 Å². The lowest BCUT2D eigenvalue weighted by Gasteiger charge is -2.15. The first-order valence-electron chi connectivity index (χ1n) is 16.6. The molecule has 0 radical (unpaired) electrons. The number of nitrogens with zero attached hydrogens (tertiary/aromatic N) is 1. The summed E-state index contributed by atoms with van der Waals surface area (Å²) >= 11 is 0. The van der Waals surface area contributed by atoms with E-state index < -0.39 is 0 Å². The van der Waals surface area contributed by atoms with Gasteiger partial charge in [-0.3, -0.25) is 0 Å². The minimum atomic E-state index is 0.904. The van der Waals surface area contributed by atoms with Crippen LogP contribution in [0.4, 0.5) is 0 Å². The molecule has 0 fully saturated rings. The lowest BCUT2D eigenvalue weighted by atomic mass is 9.89. The number of benzene rings is 7. The molecule has 0 bridgehead atoms. The molecule has 0 atom stereocenters. The van der Waals surface area contributed by atoms with Crippen LogP contribution in [0.2, 0.25) is 0 Å². The quantitative estimate of drug-likeness (QED) is 0.184. The number of rotatable bonds is 6. The summed E-state index contributed by atoms with van der Waals surface area (Å²) in [7, 11) is 0. The molecule has 9 aromatic rings. The molecule has 7 aromatic carbocycles. The minimum absolute atomic E-state index is 0.904. The van der Waals surface area contributed by atoms with Crippen molar-refractivity contribution in [2.75, 3.05) is 0 Å². The molecule has 230 valence electrons. The highest BCUT2D eigenvalue weighted by atomic mass is 16.3. The van der Waals surface area contributed by atoms with Crippen molar-refractivity contribution in [3.8, 4) is 67.0 Å². The van der Waals surface area contributed by atoms with Crippen LogP contribution in [0.1, 0.15) is 0 Å². The van der Waals surface area contributed by atoms with Gasteiger partial charge in [-0.2, -0.15) is 0 Å². The van der Waals surface area contributed by atoms with Crippen molar-refractivity contribution in [2.24, 2.45) is 0 Å². The van der Waals surface area contributed by atoms with E-state index in [0.717, 1.165) is 72.3 Å². The highest BCUT2D eigenvalue weighted by Gasteiger charge is 2.14. The molecule has 0 spiro atoms. The first kappa shape index (κ1) is 28.7. The predicted octanol–water partition coefficient (Wildman–Crippen LogP) is 13.0. The van der Waals surface area contributed by atoms with Crippen molar-refractivity contribution in [1.29, 1.82) is 0 Å². The van der Waals surface area contributed by atoms with Crippen molar-refractivity contribution < 1.29 is 4.42 Å². The third-order valence-corrected chi connectivity index (χ3v) is 9.29. The zero-order valence-electron chi connectivity index (χ0n) is 26.8. The van der Waals surface area contributed by atoms with Crippen LogP contribution in [-0.4, -0.2) is 4.98 Å². The number of para-hydroxylation sites is 1. The van der Waals surface area contributed by atoms with E-state index in [1.54, 1.807) is 0 Å². The Morgan fingerprint density at radius 1 is 0.286 bits per heavy atom. The van der Waals surface area contributed by atoms with Crippen molar-refractivity contribution in [1.82, 2.24) is 4.98 Å². The van der Waals surface area contributed by atoms with Crippen LogP contribution < -0.4 is 0 Å². The van der Waals surface area contributed by atoms with E-state index in [2.05, 4.69) is 164 Å². The Balaban J connectivity index is 1.20. The molecule has 49 heavy (non-hydrogen) atoms. The fourth-order valence-electron chi connectivity index (χ4n) is 6.81. The molecule has 0 saturated carbocycles. The standard InChI is InChI=1S/C47H31NO/c1-4-13-32(14-5-1)40-25-23-36(37-24-26-47-43(29-37)41-21-10-11-22-46(41)49-47)28-42(40)38-20-12-19-35(27-38)39-30-44(33-15-6-2-7-16-33)48-45(31-39)34-17-8-3-9-18-34/h1-31H. The molecule has 2 nitrogen and oxygen atoms in total. The van der Waals surface area contributed by atoms with Crippen LogP contribution in [0.3, 0.4) is 0 Å². The summed E-state index contributed by atoms with van der Waals surface area (Å²) in [5.41, 5.74) is 15.2. The second-order valence-corrected chi connectivity index (χ2v) is 12.4. The Morgan fingerprint density at radius 2 is 0.816 bits per heavy atom. The molecule has 9 rings (SSSR count). The Bertz CT molecular complexity index is 2530. The Labute approximate surface area is 285 Å². The zero-order valence-corrected chi connectivity index (χ0v) is 26.8. The summed E-state index contributed by atoms with van der Waals surface area (Å²) in [6, 6.07) is 66.4. The van der Waals surface area contributed by atoms with Gasteiger partial charge in [0.1, 0.15) is 11.2 Å². The largest absolute Gasteiger partial charge is 0.456 e. The van der Waals surface area contributed by atoms with E-state index in [1.165, 1.54) is 16.7 Å². The second-order valence-electron chi connectivity index (χ2n) is 12.4. The van der Waals surface area contributed by atoms with Gasteiger partial charge in [-0.05, 0) is 87.0 Å². The van der Waals surface area contributed by atoms with Gasteiger partial charge in [0.15, 0.2) is 0 Å². The van der Waals surface area contributed by atoms with E-state index in [-0.39, 0.29) is 0 Å². The van der Waals surface area contributed by atoms with Crippen molar-refractivity contribution in [3.05, 3.63) is 188 Å². The van der Waals surface area contributed by atoms with Crippen molar-refractivity contribution in [3.63, 3.8) is 0 Å². The molecule has 2 heterocycles. The minimum Gasteiger partial charge on any atom is -0.456 e. The fourth-order valence-corrected chi connectivity index (χ4v) is 6.81. The third kappa shape index (κ3) is 5.50. The summed E-state index contributed by atoms with van der Waals surface area (Å²) in [6.07, 6.45) is 0. The molecular weight excluding hydrogens is 595 g/mol. The third-order valence-electron chi connectivity index (χ3n) is 9.29. The maximum atomic E-state index is 6.14. The number of fused-ring (bicyclic) bond motifs is 3. The van der Waals surface area contributed by atoms with Gasteiger partial charge in [-0.15, -0.1) is 0 Å². The van der Waals surface area contributed by atoms with E-state index in [0.29, 0.717) is 0 Å². The molecular formula is C47H31NO. The first-order valence-corrected chi connectivity index (χ1v) is 16.6. The van der Waals surface area contributed by atoms with Crippen LogP contribution in [0, 0.1) is 0 Å². The maximum absolute atomic E-state index is 6.14. The van der Waals surface area contributed by atoms with Gasteiger partial charge in [-0.1, -0.05) is 146 Å². The average Bonchev–Trinajstić information content (AvgIpc) is 3.57. The monoisotopic (exact) mass is 625 g/mol. The van der Waals surface area contributed by atoms with Gasteiger partial charge in [0.2, 0.25) is 0 Å². The molecule has 0 saturated heterocycles. The van der Waals surface area contributed by atoms with Gasteiger partial charge in [0, 0.05) is 21.9 Å². The van der Waals surface area contributed by atoms with Crippen LogP contribution >= 0.6 is 0 Å². The highest BCUT2D eigenvalue weighted by molar-refractivity contribution is 6.06. The molecule has 0 amide bonds. The normalized spacial score (nSPS) is 11.3. The number of furan rings is 1. The number of hydrogen-bond acceptors (Lipinski definition) is 2. The molecule has 0 aliphatic rings. The molecule has 0 aliphatic heterocycles. The fraction of sp³-hybridized carbons (Fsp3) is 0. The van der Waals surface area contributed by atoms with Gasteiger partial charge in [-0.25, -0.2) is 4.98 Å². The van der Waals surface area contributed by atoms with E-state index in [4.69, 9.17) is 9.40 Å².